The third-order valence-corrected chi connectivity index (χ3v) is 1.76. The van der Waals surface area contributed by atoms with E-state index in [0.717, 1.165) is 13.1 Å². The molecule has 1 heterocycles. The Morgan fingerprint density at radius 1 is 1.50 bits per heavy atom. The van der Waals surface area contributed by atoms with Gasteiger partial charge in [0.15, 0.2) is 0 Å². The van der Waals surface area contributed by atoms with Crippen molar-refractivity contribution in [3.63, 3.8) is 0 Å². The van der Waals surface area contributed by atoms with Crippen molar-refractivity contribution in [1.29, 1.82) is 0 Å². The van der Waals surface area contributed by atoms with Crippen LogP contribution in [0.15, 0.2) is 0 Å². The number of hydrogen-bond acceptors (Lipinski definition) is 2. The van der Waals surface area contributed by atoms with Gasteiger partial charge in [-0.05, 0) is 7.05 Å². The summed E-state index contributed by atoms with van der Waals surface area (Å²) in [5.41, 5.74) is 0. The number of ether oxygens (including phenoxy) is 1. The minimum atomic E-state index is 0. The first-order valence-electron chi connectivity index (χ1n) is 3.21. The van der Waals surface area contributed by atoms with Crippen molar-refractivity contribution >= 4 is 0 Å². The Hall–Kier alpha value is 0.984. The molecule has 0 aromatic carbocycles. The van der Waals surface area contributed by atoms with E-state index in [0.29, 0.717) is 12.1 Å². The SMILES string of the molecule is CNC1C[N-]CC1OC.[Y]. The van der Waals surface area contributed by atoms with Crippen LogP contribution < -0.4 is 5.32 Å². The first-order chi connectivity index (χ1) is 4.38. The molecule has 1 aliphatic rings. The van der Waals surface area contributed by atoms with E-state index < -0.39 is 0 Å². The van der Waals surface area contributed by atoms with Crippen molar-refractivity contribution in [3.05, 3.63) is 5.32 Å². The van der Waals surface area contributed by atoms with Gasteiger partial charge in [-0.25, -0.2) is 0 Å². The third kappa shape index (κ3) is 2.55. The van der Waals surface area contributed by atoms with Crippen LogP contribution in [0.25, 0.3) is 5.32 Å². The normalized spacial score (nSPS) is 31.8. The van der Waals surface area contributed by atoms with Gasteiger partial charge in [0.05, 0.1) is 6.10 Å². The summed E-state index contributed by atoms with van der Waals surface area (Å²) >= 11 is 0. The molecule has 0 bridgehead atoms. The molecule has 57 valence electrons. The third-order valence-electron chi connectivity index (χ3n) is 1.76. The van der Waals surface area contributed by atoms with Gasteiger partial charge in [-0.2, -0.15) is 0 Å². The Balaban J connectivity index is 0.000000810. The van der Waals surface area contributed by atoms with E-state index in [-0.39, 0.29) is 32.7 Å². The number of nitrogens with zero attached hydrogens (tertiary/aromatic N) is 1. The van der Waals surface area contributed by atoms with Gasteiger partial charge >= 0.3 is 0 Å². The zero-order valence-electron chi connectivity index (χ0n) is 6.50. The van der Waals surface area contributed by atoms with Crippen LogP contribution in [0.3, 0.4) is 0 Å². The molecule has 1 N–H and O–H groups in total. The van der Waals surface area contributed by atoms with Crippen molar-refractivity contribution in [2.45, 2.75) is 12.1 Å². The molecular weight excluding hydrogens is 205 g/mol. The molecule has 2 atom stereocenters. The fraction of sp³-hybridized carbons (Fsp3) is 1.00. The number of methoxy groups -OCH3 is 1. The Morgan fingerprint density at radius 3 is 2.60 bits per heavy atom. The summed E-state index contributed by atoms with van der Waals surface area (Å²) in [4.78, 5) is 0. The van der Waals surface area contributed by atoms with Gasteiger partial charge in [0, 0.05) is 45.9 Å². The van der Waals surface area contributed by atoms with Gasteiger partial charge in [0.25, 0.3) is 0 Å². The van der Waals surface area contributed by atoms with Crippen LogP contribution in [-0.2, 0) is 37.4 Å². The minimum Gasteiger partial charge on any atom is -0.659 e. The van der Waals surface area contributed by atoms with Gasteiger partial charge in [-0.15, -0.1) is 13.1 Å². The molecular formula is C6H13N2OY-. The van der Waals surface area contributed by atoms with Crippen molar-refractivity contribution in [3.8, 4) is 0 Å². The molecule has 0 saturated carbocycles. The second-order valence-electron chi connectivity index (χ2n) is 2.26. The smallest absolute Gasteiger partial charge is 0.0520 e. The fourth-order valence-corrected chi connectivity index (χ4v) is 1.10. The topological polar surface area (TPSA) is 35.4 Å². The van der Waals surface area contributed by atoms with E-state index in [1.54, 1.807) is 7.11 Å². The van der Waals surface area contributed by atoms with Gasteiger partial charge in [0.1, 0.15) is 0 Å². The molecule has 1 saturated heterocycles. The summed E-state index contributed by atoms with van der Waals surface area (Å²) in [6, 6.07) is 0.440. The first-order valence-corrected chi connectivity index (χ1v) is 3.21. The molecule has 2 unspecified atom stereocenters. The number of likely N-dealkylation sites (N-methyl/N-ethyl adjacent to an activating group) is 1. The summed E-state index contributed by atoms with van der Waals surface area (Å²) in [5, 5.41) is 7.35. The first kappa shape index (κ1) is 11.0. The van der Waals surface area contributed by atoms with E-state index in [1.807, 2.05) is 7.05 Å². The summed E-state index contributed by atoms with van der Waals surface area (Å²) in [5.74, 6) is 0. The molecule has 0 aromatic rings. The molecule has 3 nitrogen and oxygen atoms in total. The summed E-state index contributed by atoms with van der Waals surface area (Å²) in [7, 11) is 3.67. The Bertz CT molecular complexity index is 81.8. The van der Waals surface area contributed by atoms with Crippen LogP contribution in [0, 0.1) is 0 Å². The summed E-state index contributed by atoms with van der Waals surface area (Å²) in [6.45, 7) is 1.75. The van der Waals surface area contributed by atoms with Gasteiger partial charge in [0.2, 0.25) is 0 Å². The van der Waals surface area contributed by atoms with Crippen molar-refractivity contribution in [1.82, 2.24) is 5.32 Å². The second kappa shape index (κ2) is 5.61. The van der Waals surface area contributed by atoms with Crippen molar-refractivity contribution < 1.29 is 37.4 Å². The van der Waals surface area contributed by atoms with E-state index in [2.05, 4.69) is 10.6 Å². The average molecular weight is 218 g/mol. The standard InChI is InChI=1S/C6H13N2O.Y/c1-7-5-3-8-4-6(5)9-2;/h5-7H,3-4H2,1-2H3;/q-1;. The zero-order chi connectivity index (χ0) is 6.69. The van der Waals surface area contributed by atoms with Crippen LogP contribution >= 0.6 is 0 Å². The average Bonchev–Trinajstić information content (AvgIpc) is 2.33. The molecule has 0 spiro atoms. The predicted molar refractivity (Wildman–Crippen MR) is 36.7 cm³/mol. The second-order valence-corrected chi connectivity index (χ2v) is 2.26. The summed E-state index contributed by atoms with van der Waals surface area (Å²) < 4.78 is 5.16. The van der Waals surface area contributed by atoms with Crippen LogP contribution in [0.1, 0.15) is 0 Å². The molecule has 10 heavy (non-hydrogen) atoms. The Labute approximate surface area is 87.2 Å². The van der Waals surface area contributed by atoms with E-state index in [1.165, 1.54) is 0 Å². The van der Waals surface area contributed by atoms with Gasteiger partial charge in [-0.1, -0.05) is 0 Å². The van der Waals surface area contributed by atoms with Crippen molar-refractivity contribution in [2.24, 2.45) is 0 Å². The molecule has 0 aliphatic carbocycles. The van der Waals surface area contributed by atoms with Gasteiger partial charge in [-0.3, -0.25) is 0 Å². The molecule has 1 aliphatic heterocycles. The molecule has 1 radical (unpaired) electrons. The van der Waals surface area contributed by atoms with Gasteiger partial charge < -0.3 is 15.4 Å². The molecule has 0 amide bonds. The fourth-order valence-electron chi connectivity index (χ4n) is 1.10. The molecule has 1 fully saturated rings. The van der Waals surface area contributed by atoms with Crippen LogP contribution in [-0.4, -0.2) is 39.4 Å². The Kier molecular flexibility index (Phi) is 6.16. The molecule has 0 aromatic heterocycles. The largest absolute Gasteiger partial charge is 0.659 e. The van der Waals surface area contributed by atoms with Crippen molar-refractivity contribution in [2.75, 3.05) is 27.2 Å². The van der Waals surface area contributed by atoms with Crippen LogP contribution in [0.2, 0.25) is 0 Å². The van der Waals surface area contributed by atoms with E-state index in [9.17, 15) is 0 Å². The van der Waals surface area contributed by atoms with E-state index >= 15 is 0 Å². The maximum Gasteiger partial charge on any atom is 0.0520 e. The number of rotatable bonds is 2. The van der Waals surface area contributed by atoms with Crippen LogP contribution in [0.5, 0.6) is 0 Å². The van der Waals surface area contributed by atoms with Crippen LogP contribution in [0.4, 0.5) is 0 Å². The number of nitrogens with one attached hydrogen (secondary N) is 1. The monoisotopic (exact) mass is 218 g/mol. The Morgan fingerprint density at radius 2 is 2.20 bits per heavy atom. The van der Waals surface area contributed by atoms with E-state index in [4.69, 9.17) is 4.74 Å². The predicted octanol–water partition coefficient (Wildman–Crippen LogP) is -0.0258. The minimum absolute atomic E-state index is 0. The quantitative estimate of drug-likeness (QED) is 0.706. The molecule has 4 heteroatoms. The maximum atomic E-state index is 5.16. The molecule has 1 rings (SSSR count). The summed E-state index contributed by atoms with van der Waals surface area (Å²) in [6.07, 6.45) is 0.301. The number of hydrogen-bond donors (Lipinski definition) is 1. The zero-order valence-corrected chi connectivity index (χ0v) is 9.34. The maximum absolute atomic E-state index is 5.16.